The summed E-state index contributed by atoms with van der Waals surface area (Å²) in [6, 6.07) is 11.7. The number of hydrogen-bond acceptors (Lipinski definition) is 4. The molecule has 3 rings (SSSR count). The second-order valence-electron chi connectivity index (χ2n) is 5.24. The Kier molecular flexibility index (Phi) is 5.75. The second kappa shape index (κ2) is 8.39. The van der Waals surface area contributed by atoms with Crippen LogP contribution in [-0.4, -0.2) is 26.8 Å². The second-order valence-corrected chi connectivity index (χ2v) is 6.18. The number of carbonyl (C=O) groups excluding carboxylic acids is 1. The number of nitrogens with one attached hydrogen (secondary N) is 2. The van der Waals surface area contributed by atoms with Crippen LogP contribution >= 0.6 is 11.8 Å². The lowest BCUT2D eigenvalue weighted by Gasteiger charge is -2.03. The smallest absolute Gasteiger partial charge is 0.234 e. The largest absolute Gasteiger partial charge is 0.325 e. The Labute approximate surface area is 152 Å². The molecular weight excluding hydrogens is 358 g/mol. The van der Waals surface area contributed by atoms with Crippen LogP contribution in [-0.2, 0) is 4.79 Å². The van der Waals surface area contributed by atoms with E-state index in [2.05, 4.69) is 20.5 Å². The Morgan fingerprint density at radius 2 is 1.92 bits per heavy atom. The maximum atomic E-state index is 13.1. The molecule has 0 saturated heterocycles. The van der Waals surface area contributed by atoms with Gasteiger partial charge < -0.3 is 5.32 Å². The fourth-order valence-electron chi connectivity index (χ4n) is 2.04. The van der Waals surface area contributed by atoms with Crippen LogP contribution in [0.25, 0.3) is 12.2 Å². The number of nitrogens with zero attached hydrogens (tertiary/aromatic N) is 2. The van der Waals surface area contributed by atoms with Gasteiger partial charge in [-0.1, -0.05) is 36.0 Å². The van der Waals surface area contributed by atoms with Gasteiger partial charge in [-0.2, -0.15) is 0 Å². The highest BCUT2D eigenvalue weighted by atomic mass is 32.2. The Bertz CT molecular complexity index is 925. The number of rotatable bonds is 6. The SMILES string of the molecule is O=C(CSc1n[nH]c(C=Cc2ccc(F)cc2)n1)Nc1cccc(F)c1. The number of thioether (sulfide) groups is 1. The first-order chi connectivity index (χ1) is 12.6. The van der Waals surface area contributed by atoms with Crippen molar-refractivity contribution in [3.63, 3.8) is 0 Å². The summed E-state index contributed by atoms with van der Waals surface area (Å²) < 4.78 is 25.9. The lowest BCUT2D eigenvalue weighted by molar-refractivity contribution is -0.113. The number of benzene rings is 2. The molecule has 1 amide bonds. The third-order valence-corrected chi connectivity index (χ3v) is 4.07. The van der Waals surface area contributed by atoms with E-state index in [9.17, 15) is 13.6 Å². The molecule has 1 heterocycles. The molecule has 2 N–H and O–H groups in total. The van der Waals surface area contributed by atoms with Crippen molar-refractivity contribution in [3.8, 4) is 0 Å². The number of aromatic nitrogens is 3. The van der Waals surface area contributed by atoms with Crippen molar-refractivity contribution in [1.29, 1.82) is 0 Å². The molecular formula is C18H14F2N4OS. The molecule has 0 aliphatic heterocycles. The summed E-state index contributed by atoms with van der Waals surface area (Å²) in [6.45, 7) is 0. The number of amides is 1. The molecule has 5 nitrogen and oxygen atoms in total. The molecule has 3 aromatic rings. The molecule has 0 spiro atoms. The summed E-state index contributed by atoms with van der Waals surface area (Å²) >= 11 is 1.15. The number of anilines is 1. The zero-order chi connectivity index (χ0) is 18.4. The van der Waals surface area contributed by atoms with Gasteiger partial charge in [0.15, 0.2) is 0 Å². The van der Waals surface area contributed by atoms with Crippen LogP contribution < -0.4 is 5.32 Å². The number of halogens is 2. The minimum atomic E-state index is -0.415. The highest BCUT2D eigenvalue weighted by Crippen LogP contribution is 2.15. The van der Waals surface area contributed by atoms with Gasteiger partial charge in [-0.15, -0.1) is 5.10 Å². The summed E-state index contributed by atoms with van der Waals surface area (Å²) in [5, 5.41) is 9.77. The fourth-order valence-corrected chi connectivity index (χ4v) is 2.65. The first kappa shape index (κ1) is 17.8. The van der Waals surface area contributed by atoms with Gasteiger partial charge in [-0.05, 0) is 42.0 Å². The maximum absolute atomic E-state index is 13.1. The van der Waals surface area contributed by atoms with Crippen molar-refractivity contribution >= 4 is 35.5 Å². The molecule has 0 saturated carbocycles. The third-order valence-electron chi connectivity index (χ3n) is 3.23. The van der Waals surface area contributed by atoms with E-state index in [1.54, 1.807) is 30.4 Å². The van der Waals surface area contributed by atoms with Crippen LogP contribution in [0.2, 0.25) is 0 Å². The van der Waals surface area contributed by atoms with E-state index in [0.29, 0.717) is 16.7 Å². The van der Waals surface area contributed by atoms with Crippen molar-refractivity contribution in [1.82, 2.24) is 15.2 Å². The van der Waals surface area contributed by atoms with Crippen LogP contribution in [0.3, 0.4) is 0 Å². The topological polar surface area (TPSA) is 70.7 Å². The molecule has 0 unspecified atom stereocenters. The lowest BCUT2D eigenvalue weighted by Crippen LogP contribution is -2.14. The summed E-state index contributed by atoms with van der Waals surface area (Å²) in [7, 11) is 0. The highest BCUT2D eigenvalue weighted by Gasteiger charge is 2.07. The van der Waals surface area contributed by atoms with Crippen LogP contribution in [0.15, 0.2) is 53.7 Å². The van der Waals surface area contributed by atoms with Crippen LogP contribution in [0.5, 0.6) is 0 Å². The zero-order valence-electron chi connectivity index (χ0n) is 13.4. The normalized spacial score (nSPS) is 11.0. The summed E-state index contributed by atoms with van der Waals surface area (Å²) in [6.07, 6.45) is 3.47. The van der Waals surface area contributed by atoms with E-state index in [4.69, 9.17) is 0 Å². The van der Waals surface area contributed by atoms with Gasteiger partial charge in [0, 0.05) is 5.69 Å². The van der Waals surface area contributed by atoms with E-state index in [1.807, 2.05) is 0 Å². The predicted molar refractivity (Wildman–Crippen MR) is 97.5 cm³/mol. The van der Waals surface area contributed by atoms with Crippen molar-refractivity contribution in [2.24, 2.45) is 0 Å². The molecule has 0 aliphatic carbocycles. The van der Waals surface area contributed by atoms with Gasteiger partial charge >= 0.3 is 0 Å². The third kappa shape index (κ3) is 5.25. The standard InChI is InChI=1S/C18H14F2N4OS/c19-13-7-4-12(5-8-13)6-9-16-22-18(24-23-16)26-11-17(25)21-15-3-1-2-14(20)10-15/h1-10H,11H2,(H,21,25)(H,22,23,24). The molecule has 0 bridgehead atoms. The molecule has 26 heavy (non-hydrogen) atoms. The molecule has 0 radical (unpaired) electrons. The zero-order valence-corrected chi connectivity index (χ0v) is 14.3. The fraction of sp³-hybridized carbons (Fsp3) is 0.0556. The van der Waals surface area contributed by atoms with Gasteiger partial charge in [-0.3, -0.25) is 9.89 Å². The van der Waals surface area contributed by atoms with Crippen molar-refractivity contribution < 1.29 is 13.6 Å². The summed E-state index contributed by atoms with van der Waals surface area (Å²) in [5.74, 6) is -0.384. The molecule has 132 valence electrons. The Morgan fingerprint density at radius 3 is 2.69 bits per heavy atom. The average molecular weight is 372 g/mol. The summed E-state index contributed by atoms with van der Waals surface area (Å²) in [4.78, 5) is 16.1. The van der Waals surface area contributed by atoms with E-state index in [0.717, 1.165) is 17.3 Å². The average Bonchev–Trinajstić information content (AvgIpc) is 3.07. The van der Waals surface area contributed by atoms with Gasteiger partial charge in [0.2, 0.25) is 11.1 Å². The number of H-pyrrole nitrogens is 1. The van der Waals surface area contributed by atoms with E-state index in [1.165, 1.54) is 30.3 Å². The van der Waals surface area contributed by atoms with Gasteiger partial charge in [0.1, 0.15) is 17.5 Å². The molecule has 0 aliphatic rings. The summed E-state index contributed by atoms with van der Waals surface area (Å²) in [5.41, 5.74) is 1.22. The van der Waals surface area contributed by atoms with Crippen molar-refractivity contribution in [3.05, 3.63) is 71.6 Å². The Hall–Kier alpha value is -3.00. The monoisotopic (exact) mass is 372 g/mol. The molecule has 0 atom stereocenters. The van der Waals surface area contributed by atoms with E-state index >= 15 is 0 Å². The highest BCUT2D eigenvalue weighted by molar-refractivity contribution is 7.99. The van der Waals surface area contributed by atoms with E-state index in [-0.39, 0.29) is 17.5 Å². The van der Waals surface area contributed by atoms with Crippen molar-refractivity contribution in [2.45, 2.75) is 5.16 Å². The first-order valence-corrected chi connectivity index (χ1v) is 8.61. The lowest BCUT2D eigenvalue weighted by atomic mass is 10.2. The molecule has 2 aromatic carbocycles. The molecule has 0 fully saturated rings. The van der Waals surface area contributed by atoms with Crippen LogP contribution in [0, 0.1) is 11.6 Å². The van der Waals surface area contributed by atoms with Crippen LogP contribution in [0.4, 0.5) is 14.5 Å². The van der Waals surface area contributed by atoms with Crippen molar-refractivity contribution in [2.75, 3.05) is 11.1 Å². The Morgan fingerprint density at radius 1 is 1.12 bits per heavy atom. The van der Waals surface area contributed by atoms with Gasteiger partial charge in [0.25, 0.3) is 0 Å². The minimum absolute atomic E-state index is 0.0927. The quantitative estimate of drug-likeness (QED) is 0.642. The Balaban J connectivity index is 1.51. The maximum Gasteiger partial charge on any atom is 0.234 e. The minimum Gasteiger partial charge on any atom is -0.325 e. The predicted octanol–water partition coefficient (Wildman–Crippen LogP) is 3.98. The van der Waals surface area contributed by atoms with Gasteiger partial charge in [-0.25, -0.2) is 13.8 Å². The number of aromatic amines is 1. The molecule has 8 heteroatoms. The molecule has 1 aromatic heterocycles. The number of carbonyl (C=O) groups is 1. The van der Waals surface area contributed by atoms with Gasteiger partial charge in [0.05, 0.1) is 5.75 Å². The number of hydrogen-bond donors (Lipinski definition) is 2. The van der Waals surface area contributed by atoms with E-state index < -0.39 is 5.82 Å². The van der Waals surface area contributed by atoms with Crippen LogP contribution in [0.1, 0.15) is 11.4 Å². The first-order valence-electron chi connectivity index (χ1n) is 7.63.